The number of anilines is 1. The third-order valence-corrected chi connectivity index (χ3v) is 4.03. The summed E-state index contributed by atoms with van der Waals surface area (Å²) in [5.74, 6) is 1.68. The monoisotopic (exact) mass is 248 g/mol. The highest BCUT2D eigenvalue weighted by Gasteiger charge is 2.31. The summed E-state index contributed by atoms with van der Waals surface area (Å²) in [5.41, 5.74) is 7.00. The first-order valence-electron chi connectivity index (χ1n) is 7.07. The van der Waals surface area contributed by atoms with Crippen molar-refractivity contribution in [2.75, 3.05) is 18.0 Å². The van der Waals surface area contributed by atoms with Gasteiger partial charge in [-0.25, -0.2) is 9.97 Å². The van der Waals surface area contributed by atoms with Gasteiger partial charge in [0.1, 0.15) is 12.1 Å². The van der Waals surface area contributed by atoms with Gasteiger partial charge >= 0.3 is 0 Å². The molecule has 2 atom stereocenters. The van der Waals surface area contributed by atoms with Crippen molar-refractivity contribution in [2.24, 2.45) is 11.7 Å². The quantitative estimate of drug-likeness (QED) is 0.866. The van der Waals surface area contributed by atoms with Crippen LogP contribution in [0.1, 0.15) is 38.8 Å². The van der Waals surface area contributed by atoms with Gasteiger partial charge in [-0.15, -0.1) is 0 Å². The Morgan fingerprint density at radius 3 is 2.83 bits per heavy atom. The molecule has 0 saturated heterocycles. The molecule has 1 saturated carbocycles. The molecule has 100 valence electrons. The van der Waals surface area contributed by atoms with Crippen LogP contribution in [0.2, 0.25) is 0 Å². The van der Waals surface area contributed by atoms with E-state index in [9.17, 15) is 0 Å². The summed E-state index contributed by atoms with van der Waals surface area (Å²) >= 11 is 0. The second kappa shape index (κ2) is 6.14. The molecule has 4 heteroatoms. The van der Waals surface area contributed by atoms with Crippen molar-refractivity contribution >= 4 is 5.82 Å². The second-order valence-electron chi connectivity index (χ2n) is 5.00. The van der Waals surface area contributed by atoms with E-state index in [-0.39, 0.29) is 0 Å². The Morgan fingerprint density at radius 1 is 1.33 bits per heavy atom. The average Bonchev–Trinajstić information content (AvgIpc) is 2.88. The predicted octanol–water partition coefficient (Wildman–Crippen LogP) is 1.99. The number of nitrogens with two attached hydrogens (primary N) is 1. The van der Waals surface area contributed by atoms with Crippen LogP contribution in [0.4, 0.5) is 5.82 Å². The third-order valence-electron chi connectivity index (χ3n) is 4.03. The molecule has 2 rings (SSSR count). The summed E-state index contributed by atoms with van der Waals surface area (Å²) in [6, 6.07) is 2.68. The Labute approximate surface area is 110 Å². The van der Waals surface area contributed by atoms with Crippen LogP contribution in [0, 0.1) is 5.92 Å². The molecule has 1 aliphatic carbocycles. The largest absolute Gasteiger partial charge is 0.353 e. The van der Waals surface area contributed by atoms with Gasteiger partial charge in [0, 0.05) is 24.3 Å². The van der Waals surface area contributed by atoms with Crippen LogP contribution in [0.3, 0.4) is 0 Å². The molecule has 1 heterocycles. The standard InChI is InChI=1S/C14H24N4/c1-3-12-8-14(17-10-16-12)18(4-2)13-7-5-6-11(13)9-15/h8,10-11,13H,3-7,9,15H2,1-2H3. The van der Waals surface area contributed by atoms with E-state index in [4.69, 9.17) is 5.73 Å². The fourth-order valence-corrected chi connectivity index (χ4v) is 3.01. The second-order valence-corrected chi connectivity index (χ2v) is 5.00. The number of aromatic nitrogens is 2. The van der Waals surface area contributed by atoms with Gasteiger partial charge in [-0.1, -0.05) is 13.3 Å². The maximum absolute atomic E-state index is 5.89. The molecule has 1 fully saturated rings. The fraction of sp³-hybridized carbons (Fsp3) is 0.714. The Balaban J connectivity index is 2.21. The minimum absolute atomic E-state index is 0.555. The van der Waals surface area contributed by atoms with E-state index in [1.165, 1.54) is 19.3 Å². The predicted molar refractivity (Wildman–Crippen MR) is 74.6 cm³/mol. The van der Waals surface area contributed by atoms with Crippen LogP contribution in [-0.2, 0) is 6.42 Å². The van der Waals surface area contributed by atoms with Crippen LogP contribution in [-0.4, -0.2) is 29.1 Å². The molecule has 2 unspecified atom stereocenters. The fourth-order valence-electron chi connectivity index (χ4n) is 3.01. The number of hydrogen-bond acceptors (Lipinski definition) is 4. The lowest BCUT2D eigenvalue weighted by molar-refractivity contribution is 0.459. The number of rotatable bonds is 5. The lowest BCUT2D eigenvalue weighted by Crippen LogP contribution is -2.41. The molecule has 4 nitrogen and oxygen atoms in total. The summed E-state index contributed by atoms with van der Waals surface area (Å²) in [4.78, 5) is 11.1. The van der Waals surface area contributed by atoms with Crippen LogP contribution in [0.5, 0.6) is 0 Å². The van der Waals surface area contributed by atoms with Gasteiger partial charge in [0.05, 0.1) is 0 Å². The zero-order valence-corrected chi connectivity index (χ0v) is 11.5. The third kappa shape index (κ3) is 2.64. The van der Waals surface area contributed by atoms with Crippen molar-refractivity contribution in [3.63, 3.8) is 0 Å². The molecule has 0 bridgehead atoms. The number of nitrogens with zero attached hydrogens (tertiary/aromatic N) is 3. The summed E-state index contributed by atoms with van der Waals surface area (Å²) in [7, 11) is 0. The minimum Gasteiger partial charge on any atom is -0.353 e. The van der Waals surface area contributed by atoms with Gasteiger partial charge in [0.2, 0.25) is 0 Å². The first kappa shape index (κ1) is 13.3. The van der Waals surface area contributed by atoms with Gasteiger partial charge in [0.15, 0.2) is 0 Å². The summed E-state index contributed by atoms with van der Waals surface area (Å²) in [6.07, 6.45) is 6.42. The Morgan fingerprint density at radius 2 is 2.17 bits per heavy atom. The topological polar surface area (TPSA) is 55.0 Å². The van der Waals surface area contributed by atoms with Crippen molar-refractivity contribution in [3.8, 4) is 0 Å². The van der Waals surface area contributed by atoms with Crippen molar-refractivity contribution in [1.29, 1.82) is 0 Å². The van der Waals surface area contributed by atoms with Crippen molar-refractivity contribution in [2.45, 2.75) is 45.6 Å². The Bertz CT molecular complexity index is 380. The van der Waals surface area contributed by atoms with Crippen molar-refractivity contribution < 1.29 is 0 Å². The van der Waals surface area contributed by atoms with Gasteiger partial charge in [0.25, 0.3) is 0 Å². The van der Waals surface area contributed by atoms with Gasteiger partial charge < -0.3 is 10.6 Å². The van der Waals surface area contributed by atoms with Crippen LogP contribution < -0.4 is 10.6 Å². The van der Waals surface area contributed by atoms with Crippen LogP contribution in [0.25, 0.3) is 0 Å². The van der Waals surface area contributed by atoms with Crippen LogP contribution >= 0.6 is 0 Å². The number of hydrogen-bond donors (Lipinski definition) is 1. The summed E-state index contributed by atoms with van der Waals surface area (Å²) in [6.45, 7) is 6.09. The smallest absolute Gasteiger partial charge is 0.132 e. The van der Waals surface area contributed by atoms with Gasteiger partial charge in [-0.3, -0.25) is 0 Å². The molecule has 0 spiro atoms. The molecule has 0 aromatic carbocycles. The molecule has 0 radical (unpaired) electrons. The molecule has 2 N–H and O–H groups in total. The first-order valence-corrected chi connectivity index (χ1v) is 7.07. The molecular weight excluding hydrogens is 224 g/mol. The van der Waals surface area contributed by atoms with E-state index in [0.717, 1.165) is 31.0 Å². The number of aryl methyl sites for hydroxylation is 1. The molecule has 1 aromatic rings. The average molecular weight is 248 g/mol. The molecule has 0 amide bonds. The summed E-state index contributed by atoms with van der Waals surface area (Å²) < 4.78 is 0. The zero-order valence-electron chi connectivity index (χ0n) is 11.5. The summed E-state index contributed by atoms with van der Waals surface area (Å²) in [5, 5.41) is 0. The molecule has 1 aromatic heterocycles. The van der Waals surface area contributed by atoms with E-state index >= 15 is 0 Å². The van der Waals surface area contributed by atoms with Gasteiger partial charge in [-0.2, -0.15) is 0 Å². The SMILES string of the molecule is CCc1cc(N(CC)C2CCCC2CN)ncn1. The van der Waals surface area contributed by atoms with E-state index in [2.05, 4.69) is 34.8 Å². The van der Waals surface area contributed by atoms with Crippen molar-refractivity contribution in [3.05, 3.63) is 18.1 Å². The van der Waals surface area contributed by atoms with E-state index in [1.807, 2.05) is 0 Å². The zero-order chi connectivity index (χ0) is 13.0. The maximum atomic E-state index is 5.89. The normalized spacial score (nSPS) is 23.3. The van der Waals surface area contributed by atoms with E-state index in [1.54, 1.807) is 6.33 Å². The van der Waals surface area contributed by atoms with Crippen molar-refractivity contribution in [1.82, 2.24) is 9.97 Å². The highest BCUT2D eigenvalue weighted by Crippen LogP contribution is 2.31. The van der Waals surface area contributed by atoms with E-state index < -0.39 is 0 Å². The van der Waals surface area contributed by atoms with Crippen LogP contribution in [0.15, 0.2) is 12.4 Å². The Hall–Kier alpha value is -1.16. The molecule has 18 heavy (non-hydrogen) atoms. The minimum atomic E-state index is 0.555. The lowest BCUT2D eigenvalue weighted by atomic mass is 10.0. The highest BCUT2D eigenvalue weighted by molar-refractivity contribution is 5.40. The van der Waals surface area contributed by atoms with E-state index in [0.29, 0.717) is 12.0 Å². The molecular formula is C14H24N4. The first-order chi connectivity index (χ1) is 8.80. The lowest BCUT2D eigenvalue weighted by Gasteiger charge is -2.32. The highest BCUT2D eigenvalue weighted by atomic mass is 15.2. The maximum Gasteiger partial charge on any atom is 0.132 e. The Kier molecular flexibility index (Phi) is 4.53. The van der Waals surface area contributed by atoms with Gasteiger partial charge in [-0.05, 0) is 38.6 Å². The molecule has 1 aliphatic rings. The molecule has 0 aliphatic heterocycles.